The van der Waals surface area contributed by atoms with Crippen molar-refractivity contribution >= 4 is 15.5 Å². The van der Waals surface area contributed by atoms with Crippen LogP contribution < -0.4 is 10.1 Å². The van der Waals surface area contributed by atoms with E-state index in [2.05, 4.69) is 47.8 Å². The highest BCUT2D eigenvalue weighted by atomic mass is 32.2. The number of rotatable bonds is 8. The smallest absolute Gasteiger partial charge is 0.147 e. The first kappa shape index (κ1) is 21.4. The van der Waals surface area contributed by atoms with Gasteiger partial charge in [0.1, 0.15) is 15.6 Å². The third-order valence-electron chi connectivity index (χ3n) is 5.63. The van der Waals surface area contributed by atoms with E-state index in [0.717, 1.165) is 37.2 Å². The molecule has 0 aromatic heterocycles. The lowest BCUT2D eigenvalue weighted by molar-refractivity contribution is 0.317. The van der Waals surface area contributed by atoms with Crippen molar-refractivity contribution in [3.63, 3.8) is 0 Å². The largest absolute Gasteiger partial charge is 0.494 e. The van der Waals surface area contributed by atoms with Gasteiger partial charge in [-0.15, -0.1) is 0 Å². The van der Waals surface area contributed by atoms with Crippen LogP contribution in [-0.2, 0) is 29.2 Å². The fourth-order valence-corrected chi connectivity index (χ4v) is 4.71. The number of hydrogen-bond acceptors (Lipinski definition) is 4. The molecule has 1 N–H and O–H groups in total. The molecule has 3 aromatic carbocycles. The van der Waals surface area contributed by atoms with Crippen molar-refractivity contribution in [3.05, 3.63) is 83.4 Å². The van der Waals surface area contributed by atoms with Gasteiger partial charge in [-0.1, -0.05) is 36.4 Å². The van der Waals surface area contributed by atoms with Crippen LogP contribution >= 0.6 is 0 Å². The lowest BCUT2D eigenvalue weighted by Gasteiger charge is -2.14. The molecule has 0 saturated heterocycles. The average molecular weight is 436 g/mol. The summed E-state index contributed by atoms with van der Waals surface area (Å²) in [7, 11) is -2.94. The lowest BCUT2D eigenvalue weighted by Crippen LogP contribution is -2.08. The SMILES string of the molecule is CS(=O)(=O)CCCOc1ccc2c(c1)CCCc1ccc(CNc3ccccc3)cc1-2. The topological polar surface area (TPSA) is 55.4 Å². The van der Waals surface area contributed by atoms with Gasteiger partial charge < -0.3 is 10.1 Å². The van der Waals surface area contributed by atoms with Crippen molar-refractivity contribution < 1.29 is 13.2 Å². The van der Waals surface area contributed by atoms with Crippen molar-refractivity contribution in [1.29, 1.82) is 0 Å². The summed E-state index contributed by atoms with van der Waals surface area (Å²) in [6.45, 7) is 1.20. The summed E-state index contributed by atoms with van der Waals surface area (Å²) >= 11 is 0. The van der Waals surface area contributed by atoms with Crippen molar-refractivity contribution in [2.24, 2.45) is 0 Å². The van der Waals surface area contributed by atoms with Crippen molar-refractivity contribution in [2.45, 2.75) is 32.2 Å². The minimum Gasteiger partial charge on any atom is -0.494 e. The van der Waals surface area contributed by atoms with Gasteiger partial charge in [-0.2, -0.15) is 0 Å². The number of nitrogens with one attached hydrogen (secondary N) is 1. The summed E-state index contributed by atoms with van der Waals surface area (Å²) in [5.41, 5.74) is 7.66. The van der Waals surface area contributed by atoms with Gasteiger partial charge in [0.05, 0.1) is 12.4 Å². The zero-order valence-corrected chi connectivity index (χ0v) is 18.8. The van der Waals surface area contributed by atoms with Gasteiger partial charge in [-0.3, -0.25) is 0 Å². The maximum atomic E-state index is 11.3. The molecule has 3 aromatic rings. The van der Waals surface area contributed by atoms with Gasteiger partial charge >= 0.3 is 0 Å². The molecule has 1 aliphatic carbocycles. The first-order valence-corrected chi connectivity index (χ1v) is 12.9. The minimum absolute atomic E-state index is 0.158. The number of hydrogen-bond donors (Lipinski definition) is 1. The number of anilines is 1. The van der Waals surface area contributed by atoms with Crippen LogP contribution in [0.3, 0.4) is 0 Å². The van der Waals surface area contributed by atoms with Crippen LogP contribution in [0.1, 0.15) is 29.5 Å². The van der Waals surface area contributed by atoms with Crippen LogP contribution in [0, 0.1) is 0 Å². The van der Waals surface area contributed by atoms with E-state index in [4.69, 9.17) is 4.74 Å². The molecule has 0 bridgehead atoms. The van der Waals surface area contributed by atoms with E-state index in [1.54, 1.807) is 0 Å². The molecule has 0 atom stereocenters. The molecule has 0 unspecified atom stereocenters. The average Bonchev–Trinajstić information content (AvgIpc) is 2.94. The van der Waals surface area contributed by atoms with Gasteiger partial charge in [-0.25, -0.2) is 8.42 Å². The summed E-state index contributed by atoms with van der Waals surface area (Å²) in [6, 6.07) is 23.3. The number of sulfone groups is 1. The number of benzene rings is 3. The molecule has 0 spiro atoms. The standard InChI is InChI=1S/C26H29NO3S/c1-31(28,29)16-6-15-30-24-13-14-25-22(18-24)8-5-7-21-12-11-20(17-26(21)25)19-27-23-9-3-2-4-10-23/h2-4,9-14,17-18,27H,5-8,15-16,19H2,1H3. The first-order valence-electron chi connectivity index (χ1n) is 10.8. The Morgan fingerprint density at radius 2 is 1.71 bits per heavy atom. The zero-order valence-electron chi connectivity index (χ0n) is 17.9. The molecule has 0 radical (unpaired) electrons. The Bertz CT molecular complexity index is 1140. The Kier molecular flexibility index (Phi) is 6.62. The highest BCUT2D eigenvalue weighted by Gasteiger charge is 2.16. The van der Waals surface area contributed by atoms with E-state index in [9.17, 15) is 8.42 Å². The molecule has 31 heavy (non-hydrogen) atoms. The normalized spacial score (nSPS) is 13.1. The fraction of sp³-hybridized carbons (Fsp3) is 0.308. The number of para-hydroxylation sites is 1. The monoisotopic (exact) mass is 435 g/mol. The van der Waals surface area contributed by atoms with Crippen LogP contribution in [0.2, 0.25) is 0 Å². The van der Waals surface area contributed by atoms with Crippen molar-refractivity contribution in [1.82, 2.24) is 0 Å². The van der Waals surface area contributed by atoms with Gasteiger partial charge in [0.2, 0.25) is 0 Å². The van der Waals surface area contributed by atoms with E-state index in [1.807, 2.05) is 24.3 Å². The Labute approximate surface area is 185 Å². The van der Waals surface area contributed by atoms with E-state index in [0.29, 0.717) is 13.0 Å². The fourth-order valence-electron chi connectivity index (χ4n) is 4.07. The van der Waals surface area contributed by atoms with E-state index in [-0.39, 0.29) is 5.75 Å². The predicted octanol–water partition coefficient (Wildman–Crippen LogP) is 5.27. The highest BCUT2D eigenvalue weighted by molar-refractivity contribution is 7.90. The molecular weight excluding hydrogens is 406 g/mol. The molecule has 162 valence electrons. The molecule has 0 saturated carbocycles. The summed E-state index contributed by atoms with van der Waals surface area (Å²) in [5.74, 6) is 0.975. The Morgan fingerprint density at radius 1 is 0.903 bits per heavy atom. The molecule has 4 rings (SSSR count). The molecule has 0 amide bonds. The van der Waals surface area contributed by atoms with Crippen LogP contribution in [0.4, 0.5) is 5.69 Å². The molecule has 1 aliphatic rings. The number of ether oxygens (including phenoxy) is 1. The summed E-state index contributed by atoms with van der Waals surface area (Å²) in [5, 5.41) is 3.49. The summed E-state index contributed by atoms with van der Waals surface area (Å²) in [4.78, 5) is 0. The second-order valence-corrected chi connectivity index (χ2v) is 10.5. The number of fused-ring (bicyclic) bond motifs is 3. The Hall–Kier alpha value is -2.79. The minimum atomic E-state index is -2.94. The molecular formula is C26H29NO3S. The van der Waals surface area contributed by atoms with Crippen molar-refractivity contribution in [3.8, 4) is 16.9 Å². The van der Waals surface area contributed by atoms with Crippen LogP contribution in [0.15, 0.2) is 66.7 Å². The molecule has 0 fully saturated rings. The van der Waals surface area contributed by atoms with Crippen LogP contribution in [0.25, 0.3) is 11.1 Å². The lowest BCUT2D eigenvalue weighted by atomic mass is 9.94. The van der Waals surface area contributed by atoms with Gasteiger partial charge in [0.15, 0.2) is 0 Å². The van der Waals surface area contributed by atoms with Gasteiger partial charge in [0, 0.05) is 18.5 Å². The van der Waals surface area contributed by atoms with Crippen LogP contribution in [0.5, 0.6) is 5.75 Å². The second kappa shape index (κ2) is 9.56. The van der Waals surface area contributed by atoms with E-state index >= 15 is 0 Å². The molecule has 4 nitrogen and oxygen atoms in total. The first-order chi connectivity index (χ1) is 15.0. The maximum absolute atomic E-state index is 11.3. The van der Waals surface area contributed by atoms with E-state index in [1.165, 1.54) is 34.1 Å². The third-order valence-corrected chi connectivity index (χ3v) is 6.66. The molecule has 0 heterocycles. The second-order valence-electron chi connectivity index (χ2n) is 8.22. The molecule has 5 heteroatoms. The highest BCUT2D eigenvalue weighted by Crippen LogP contribution is 2.35. The van der Waals surface area contributed by atoms with Gasteiger partial charge in [-0.05, 0) is 83.8 Å². The van der Waals surface area contributed by atoms with Crippen LogP contribution in [-0.4, -0.2) is 27.0 Å². The Morgan fingerprint density at radius 3 is 2.52 bits per heavy atom. The molecule has 0 aliphatic heterocycles. The Balaban J connectivity index is 1.49. The quantitative estimate of drug-likeness (QED) is 0.490. The maximum Gasteiger partial charge on any atom is 0.147 e. The number of aryl methyl sites for hydroxylation is 2. The third kappa shape index (κ3) is 5.88. The van der Waals surface area contributed by atoms with Gasteiger partial charge in [0.25, 0.3) is 0 Å². The zero-order chi connectivity index (χ0) is 21.7. The van der Waals surface area contributed by atoms with E-state index < -0.39 is 9.84 Å². The summed E-state index contributed by atoms with van der Waals surface area (Å²) < 4.78 is 28.4. The van der Waals surface area contributed by atoms with Crippen molar-refractivity contribution in [2.75, 3.05) is 23.9 Å². The summed E-state index contributed by atoms with van der Waals surface area (Å²) in [6.07, 6.45) is 4.97. The predicted molar refractivity (Wildman–Crippen MR) is 127 cm³/mol.